The Balaban J connectivity index is 1.42. The van der Waals surface area contributed by atoms with E-state index in [0.717, 1.165) is 11.1 Å². The molecule has 44 heavy (non-hydrogen) atoms. The van der Waals surface area contributed by atoms with Crippen molar-refractivity contribution in [1.29, 1.82) is 0 Å². The summed E-state index contributed by atoms with van der Waals surface area (Å²) in [7, 11) is 0. The van der Waals surface area contributed by atoms with Crippen molar-refractivity contribution in [3.63, 3.8) is 0 Å². The summed E-state index contributed by atoms with van der Waals surface area (Å²) in [6.45, 7) is 8.22. The second-order valence-corrected chi connectivity index (χ2v) is 12.0. The summed E-state index contributed by atoms with van der Waals surface area (Å²) in [5.74, 6) is -1.42. The third kappa shape index (κ3) is 8.43. The molecule has 4 atom stereocenters. The highest BCUT2D eigenvalue weighted by molar-refractivity contribution is 6.02. The third-order valence-corrected chi connectivity index (χ3v) is 7.79. The monoisotopic (exact) mass is 605 g/mol. The van der Waals surface area contributed by atoms with Gasteiger partial charge in [-0.25, -0.2) is 9.69 Å². The minimum absolute atomic E-state index is 0.0646. The molecule has 0 aliphatic carbocycles. The summed E-state index contributed by atoms with van der Waals surface area (Å²) in [6, 6.07) is 18.6. The highest BCUT2D eigenvalue weighted by Crippen LogP contribution is 2.37. The number of carbonyl (C=O) groups is 3. The molecule has 1 saturated heterocycles. The number of hydrogen-bond donors (Lipinski definition) is 1. The first-order valence-electron chi connectivity index (χ1n) is 15.1. The molecule has 4 rings (SSSR count). The number of allylic oxidation sites excluding steroid dienone is 1. The summed E-state index contributed by atoms with van der Waals surface area (Å²) in [4.78, 5) is 41.5. The van der Waals surface area contributed by atoms with E-state index < -0.39 is 41.8 Å². The van der Waals surface area contributed by atoms with Crippen LogP contribution in [0.5, 0.6) is 0 Å². The molecular weight excluding hydrogens is 562 g/mol. The van der Waals surface area contributed by atoms with Crippen LogP contribution in [0.25, 0.3) is 0 Å². The van der Waals surface area contributed by atoms with E-state index >= 15 is 0 Å². The lowest BCUT2D eigenvalue weighted by atomic mass is 9.85. The first-order chi connectivity index (χ1) is 21.1. The number of carbonyl (C=O) groups excluding carboxylic acids is 3. The zero-order valence-electron chi connectivity index (χ0n) is 25.9. The molecular formula is C35H43NO8. The number of hydrogen-bond acceptors (Lipinski definition) is 8. The van der Waals surface area contributed by atoms with Crippen molar-refractivity contribution in [3.8, 4) is 0 Å². The van der Waals surface area contributed by atoms with E-state index in [1.54, 1.807) is 26.0 Å². The van der Waals surface area contributed by atoms with E-state index in [-0.39, 0.29) is 31.3 Å². The SMILES string of the molecule is CC(C)[C@@H]1N(C(=O)[C@@H](Cc2ccccc2)C2O/C(=C\CCOC[C@@H](CO)OCc3ccccc3)C=CC2=O)C(=O)OC1(C)C. The number of nitrogens with zero attached hydrogens (tertiary/aromatic N) is 1. The van der Waals surface area contributed by atoms with Gasteiger partial charge in [-0.15, -0.1) is 0 Å². The van der Waals surface area contributed by atoms with Gasteiger partial charge in [0.25, 0.3) is 0 Å². The van der Waals surface area contributed by atoms with E-state index in [1.165, 1.54) is 11.0 Å². The molecule has 0 bridgehead atoms. The molecule has 0 saturated carbocycles. The van der Waals surface area contributed by atoms with Crippen LogP contribution in [0.2, 0.25) is 0 Å². The molecule has 0 radical (unpaired) electrons. The van der Waals surface area contributed by atoms with Gasteiger partial charge in [0.05, 0.1) is 38.4 Å². The van der Waals surface area contributed by atoms with Crippen molar-refractivity contribution >= 4 is 17.8 Å². The smallest absolute Gasteiger partial charge is 0.417 e. The molecule has 236 valence electrons. The van der Waals surface area contributed by atoms with Gasteiger partial charge in [-0.05, 0) is 62.0 Å². The van der Waals surface area contributed by atoms with Gasteiger partial charge in [0.2, 0.25) is 5.91 Å². The van der Waals surface area contributed by atoms with Gasteiger partial charge in [0.1, 0.15) is 17.5 Å². The van der Waals surface area contributed by atoms with Gasteiger partial charge in [-0.2, -0.15) is 0 Å². The molecule has 1 unspecified atom stereocenters. The fourth-order valence-corrected chi connectivity index (χ4v) is 5.80. The molecule has 2 aliphatic heterocycles. The number of aliphatic hydroxyl groups is 1. The summed E-state index contributed by atoms with van der Waals surface area (Å²) in [5.41, 5.74) is 0.981. The minimum atomic E-state index is -1.12. The Hall–Kier alpha value is -3.79. The maximum absolute atomic E-state index is 14.1. The van der Waals surface area contributed by atoms with Crippen molar-refractivity contribution in [3.05, 3.63) is 95.8 Å². The Labute approximate surface area is 259 Å². The molecule has 2 aliphatic rings. The molecule has 2 aromatic carbocycles. The molecule has 1 fully saturated rings. The summed E-state index contributed by atoms with van der Waals surface area (Å²) >= 11 is 0. The Bertz CT molecular complexity index is 1320. The number of rotatable bonds is 14. The fraction of sp³-hybridized carbons (Fsp3) is 0.457. The van der Waals surface area contributed by atoms with Gasteiger partial charge < -0.3 is 24.1 Å². The van der Waals surface area contributed by atoms with Crippen LogP contribution in [0.3, 0.4) is 0 Å². The van der Waals surface area contributed by atoms with Gasteiger partial charge >= 0.3 is 6.09 Å². The van der Waals surface area contributed by atoms with E-state index in [2.05, 4.69) is 0 Å². The Morgan fingerprint density at radius 3 is 2.32 bits per heavy atom. The Morgan fingerprint density at radius 1 is 1.02 bits per heavy atom. The summed E-state index contributed by atoms with van der Waals surface area (Å²) < 4.78 is 23.2. The number of benzene rings is 2. The average molecular weight is 606 g/mol. The number of imide groups is 1. The van der Waals surface area contributed by atoms with Crippen molar-refractivity contribution in [1.82, 2.24) is 4.90 Å². The van der Waals surface area contributed by atoms with Crippen molar-refractivity contribution in [2.75, 3.05) is 19.8 Å². The second kappa shape index (κ2) is 15.3. The number of aliphatic hydroxyl groups excluding tert-OH is 1. The third-order valence-electron chi connectivity index (χ3n) is 7.79. The number of cyclic esters (lactones) is 1. The van der Waals surface area contributed by atoms with Crippen LogP contribution in [0.1, 0.15) is 45.2 Å². The van der Waals surface area contributed by atoms with Crippen LogP contribution in [0, 0.1) is 11.8 Å². The van der Waals surface area contributed by atoms with Crippen LogP contribution in [0.4, 0.5) is 4.79 Å². The van der Waals surface area contributed by atoms with Crippen LogP contribution in [-0.2, 0) is 41.6 Å². The zero-order valence-corrected chi connectivity index (χ0v) is 25.9. The predicted molar refractivity (Wildman–Crippen MR) is 164 cm³/mol. The summed E-state index contributed by atoms with van der Waals surface area (Å²) in [6.07, 6.45) is 3.18. The molecule has 9 heteroatoms. The predicted octanol–water partition coefficient (Wildman–Crippen LogP) is 5.02. The van der Waals surface area contributed by atoms with Crippen molar-refractivity contribution < 1.29 is 38.4 Å². The molecule has 0 aromatic heterocycles. The molecule has 1 N–H and O–H groups in total. The van der Waals surface area contributed by atoms with E-state index in [1.807, 2.05) is 74.5 Å². The topological polar surface area (TPSA) is 112 Å². The average Bonchev–Trinajstić information content (AvgIpc) is 3.26. The maximum Gasteiger partial charge on any atom is 0.417 e. The fourth-order valence-electron chi connectivity index (χ4n) is 5.80. The van der Waals surface area contributed by atoms with Crippen LogP contribution in [-0.4, -0.2) is 71.5 Å². The van der Waals surface area contributed by atoms with Gasteiger partial charge in [0.15, 0.2) is 11.9 Å². The van der Waals surface area contributed by atoms with Crippen LogP contribution < -0.4 is 0 Å². The van der Waals surface area contributed by atoms with E-state index in [0.29, 0.717) is 25.4 Å². The highest BCUT2D eigenvalue weighted by atomic mass is 16.6. The molecule has 2 amide bonds. The lowest BCUT2D eigenvalue weighted by Gasteiger charge is -2.35. The maximum atomic E-state index is 14.1. The van der Waals surface area contributed by atoms with E-state index in [9.17, 15) is 19.5 Å². The quantitative estimate of drug-likeness (QED) is 0.299. The van der Waals surface area contributed by atoms with Crippen molar-refractivity contribution in [2.24, 2.45) is 11.8 Å². The Kier molecular flexibility index (Phi) is 11.5. The number of ketones is 1. The minimum Gasteiger partial charge on any atom is -0.482 e. The molecule has 0 spiro atoms. The highest BCUT2D eigenvalue weighted by Gasteiger charge is 2.54. The van der Waals surface area contributed by atoms with Crippen molar-refractivity contribution in [2.45, 2.75) is 71.0 Å². The first kappa shape index (κ1) is 33.1. The first-order valence-corrected chi connectivity index (χ1v) is 15.1. The van der Waals surface area contributed by atoms with Gasteiger partial charge in [-0.3, -0.25) is 9.59 Å². The van der Waals surface area contributed by atoms with Crippen LogP contribution in [0.15, 0.2) is 84.7 Å². The normalized spacial score (nSPS) is 21.8. The summed E-state index contributed by atoms with van der Waals surface area (Å²) in [5, 5.41) is 9.65. The van der Waals surface area contributed by atoms with Gasteiger partial charge in [-0.1, -0.05) is 74.5 Å². The lowest BCUT2D eigenvalue weighted by molar-refractivity contribution is -0.144. The van der Waals surface area contributed by atoms with Gasteiger partial charge in [0, 0.05) is 0 Å². The Morgan fingerprint density at radius 2 is 1.68 bits per heavy atom. The van der Waals surface area contributed by atoms with Crippen LogP contribution >= 0.6 is 0 Å². The lowest BCUT2D eigenvalue weighted by Crippen LogP contribution is -2.53. The largest absolute Gasteiger partial charge is 0.482 e. The molecule has 9 nitrogen and oxygen atoms in total. The molecule has 2 heterocycles. The zero-order chi connectivity index (χ0) is 31.7. The second-order valence-electron chi connectivity index (χ2n) is 12.0. The van der Waals surface area contributed by atoms with E-state index in [4.69, 9.17) is 18.9 Å². The standard InChI is InChI=1S/C35H43NO8/c1-24(2)32-35(3,4)44-34(40)36(32)33(39)29(20-25-12-7-5-8-13-25)31-30(38)18-17-27(43-31)16-11-19-41-23-28(21-37)42-22-26-14-9-6-10-15-26/h5-10,12-18,24,28-29,31-32,37H,11,19-23H2,1-4H3/b27-16-/t28-,29+,31?,32+/m1/s1. The number of ether oxygens (including phenoxy) is 4. The number of amides is 2. The molecule has 2 aromatic rings.